The monoisotopic (exact) mass is 633 g/mol. The number of thiophene rings is 1. The minimum absolute atomic E-state index is 0.793. The highest BCUT2D eigenvalue weighted by molar-refractivity contribution is 7.25. The third-order valence-electron chi connectivity index (χ3n) is 9.34. The molecule has 0 aliphatic carbocycles. The molecule has 0 N–H and O–H groups in total. The van der Waals surface area contributed by atoms with Gasteiger partial charge in [-0.1, -0.05) is 78.9 Å². The van der Waals surface area contributed by atoms with E-state index in [9.17, 15) is 0 Å². The lowest BCUT2D eigenvalue weighted by Crippen LogP contribution is -2.09. The number of para-hydroxylation sites is 3. The molecule has 7 aromatic carbocycles. The highest BCUT2D eigenvalue weighted by atomic mass is 32.1. The zero-order chi connectivity index (χ0) is 31.6. The van der Waals surface area contributed by atoms with Gasteiger partial charge in [-0.15, -0.1) is 11.3 Å². The van der Waals surface area contributed by atoms with Crippen molar-refractivity contribution in [2.24, 2.45) is 0 Å². The van der Waals surface area contributed by atoms with Gasteiger partial charge in [0.2, 0.25) is 0 Å². The molecular formula is C43H27N3OS. The van der Waals surface area contributed by atoms with E-state index in [4.69, 9.17) is 4.42 Å². The van der Waals surface area contributed by atoms with Crippen LogP contribution in [-0.2, 0) is 0 Å². The summed E-state index contributed by atoms with van der Waals surface area (Å²) in [7, 11) is 0. The number of anilines is 3. The second-order valence-electron chi connectivity index (χ2n) is 12.1. The van der Waals surface area contributed by atoms with Gasteiger partial charge in [0, 0.05) is 53.7 Å². The van der Waals surface area contributed by atoms with Crippen LogP contribution in [0.15, 0.2) is 169 Å². The fourth-order valence-corrected chi connectivity index (χ4v) is 8.21. The smallest absolute Gasteiger partial charge is 0.181 e. The van der Waals surface area contributed by atoms with E-state index < -0.39 is 0 Å². The third-order valence-corrected chi connectivity index (χ3v) is 10.5. The van der Waals surface area contributed by atoms with Gasteiger partial charge < -0.3 is 13.9 Å². The molecule has 0 saturated carbocycles. The summed E-state index contributed by atoms with van der Waals surface area (Å²) in [4.78, 5) is 6.59. The molecule has 0 aliphatic heterocycles. The number of rotatable bonds is 5. The van der Waals surface area contributed by atoms with E-state index in [0.29, 0.717) is 0 Å². The van der Waals surface area contributed by atoms with E-state index in [-0.39, 0.29) is 0 Å². The van der Waals surface area contributed by atoms with E-state index >= 15 is 0 Å². The summed E-state index contributed by atoms with van der Waals surface area (Å²) in [6.45, 7) is 0. The van der Waals surface area contributed by atoms with Crippen LogP contribution in [0.3, 0.4) is 0 Å². The minimum atomic E-state index is 0.793. The van der Waals surface area contributed by atoms with Crippen molar-refractivity contribution in [3.05, 3.63) is 164 Å². The standard InChI is InChI=1S/C43H27N3OS/c1-2-8-30(9-3-1)45(31-17-14-28(15-18-31)29-16-22-38-41(24-29)47-27-44-38)32-20-23-42-37(25-32)36-21-19-33(26-43(36)48-42)46-39-12-6-4-10-34(39)35-11-5-7-13-40(35)46/h1-27H. The number of fused-ring (bicyclic) bond motifs is 7. The minimum Gasteiger partial charge on any atom is -0.443 e. The maximum absolute atomic E-state index is 5.56. The number of benzene rings is 7. The lowest BCUT2D eigenvalue weighted by molar-refractivity contribution is 0.602. The molecule has 3 aromatic heterocycles. The molecule has 10 aromatic rings. The average Bonchev–Trinajstić information content (AvgIpc) is 3.86. The zero-order valence-corrected chi connectivity index (χ0v) is 26.6. The Labute approximate surface area is 280 Å². The van der Waals surface area contributed by atoms with Crippen LogP contribution in [0.5, 0.6) is 0 Å². The summed E-state index contributed by atoms with van der Waals surface area (Å²) in [5.41, 5.74) is 10.8. The number of aromatic nitrogens is 2. The normalized spacial score (nSPS) is 11.8. The molecule has 48 heavy (non-hydrogen) atoms. The van der Waals surface area contributed by atoms with Crippen LogP contribution < -0.4 is 4.90 Å². The summed E-state index contributed by atoms with van der Waals surface area (Å²) in [6.07, 6.45) is 1.49. The van der Waals surface area contributed by atoms with E-state index in [2.05, 4.69) is 166 Å². The van der Waals surface area contributed by atoms with Gasteiger partial charge >= 0.3 is 0 Å². The maximum Gasteiger partial charge on any atom is 0.181 e. The first kappa shape index (κ1) is 27.0. The van der Waals surface area contributed by atoms with E-state index in [0.717, 1.165) is 39.3 Å². The quantitative estimate of drug-likeness (QED) is 0.189. The molecule has 0 unspecified atom stereocenters. The van der Waals surface area contributed by atoms with Crippen LogP contribution in [0.25, 0.3) is 69.9 Å². The Hall–Kier alpha value is -6.17. The lowest BCUT2D eigenvalue weighted by atomic mass is 10.0. The van der Waals surface area contributed by atoms with Gasteiger partial charge in [-0.2, -0.15) is 0 Å². The van der Waals surface area contributed by atoms with Crippen molar-refractivity contribution >= 4 is 81.5 Å². The van der Waals surface area contributed by atoms with E-state index in [1.165, 1.54) is 54.1 Å². The highest BCUT2D eigenvalue weighted by Gasteiger charge is 2.17. The molecular weight excluding hydrogens is 607 g/mol. The molecule has 0 amide bonds. The molecule has 0 atom stereocenters. The number of nitrogens with zero attached hydrogens (tertiary/aromatic N) is 3. The summed E-state index contributed by atoms with van der Waals surface area (Å²) < 4.78 is 10.5. The first-order chi connectivity index (χ1) is 23.8. The van der Waals surface area contributed by atoms with Crippen LogP contribution in [0.4, 0.5) is 17.1 Å². The average molecular weight is 634 g/mol. The van der Waals surface area contributed by atoms with Crippen molar-refractivity contribution in [3.8, 4) is 16.8 Å². The van der Waals surface area contributed by atoms with Crippen LogP contribution in [0.2, 0.25) is 0 Å². The molecule has 0 spiro atoms. The number of hydrogen-bond donors (Lipinski definition) is 0. The van der Waals surface area contributed by atoms with Crippen molar-refractivity contribution in [2.45, 2.75) is 0 Å². The van der Waals surface area contributed by atoms with E-state index in [1.807, 2.05) is 17.4 Å². The van der Waals surface area contributed by atoms with Gasteiger partial charge in [-0.05, 0) is 90.0 Å². The van der Waals surface area contributed by atoms with Crippen molar-refractivity contribution in [2.75, 3.05) is 4.90 Å². The van der Waals surface area contributed by atoms with Crippen LogP contribution in [0, 0.1) is 0 Å². The molecule has 0 fully saturated rings. The van der Waals surface area contributed by atoms with Gasteiger partial charge in [0.05, 0.1) is 11.0 Å². The highest BCUT2D eigenvalue weighted by Crippen LogP contribution is 2.42. The van der Waals surface area contributed by atoms with Crippen LogP contribution in [-0.4, -0.2) is 9.55 Å². The molecule has 4 nitrogen and oxygen atoms in total. The Kier molecular flexibility index (Phi) is 6.01. The third kappa shape index (κ3) is 4.25. The molecule has 0 radical (unpaired) electrons. The van der Waals surface area contributed by atoms with Crippen molar-refractivity contribution in [1.29, 1.82) is 0 Å². The first-order valence-electron chi connectivity index (χ1n) is 16.0. The van der Waals surface area contributed by atoms with Crippen LogP contribution >= 0.6 is 11.3 Å². The predicted octanol–water partition coefficient (Wildman–Crippen LogP) is 12.4. The zero-order valence-electron chi connectivity index (χ0n) is 25.7. The molecule has 10 rings (SSSR count). The summed E-state index contributed by atoms with van der Waals surface area (Å²) >= 11 is 1.85. The van der Waals surface area contributed by atoms with Crippen molar-refractivity contribution in [1.82, 2.24) is 9.55 Å². The Morgan fingerprint density at radius 2 is 1.19 bits per heavy atom. The summed E-state index contributed by atoms with van der Waals surface area (Å²) in [5.74, 6) is 0. The fourth-order valence-electron chi connectivity index (χ4n) is 7.09. The second-order valence-corrected chi connectivity index (χ2v) is 13.2. The van der Waals surface area contributed by atoms with Gasteiger partial charge in [0.25, 0.3) is 0 Å². The molecule has 0 bridgehead atoms. The molecule has 3 heterocycles. The fraction of sp³-hybridized carbons (Fsp3) is 0. The SMILES string of the molecule is c1ccc(N(c2ccc(-c3ccc4ncoc4c3)cc2)c2ccc3sc4cc(-n5c6ccccc6c6ccccc65)ccc4c3c2)cc1. The Morgan fingerprint density at radius 3 is 1.98 bits per heavy atom. The Balaban J connectivity index is 1.08. The predicted molar refractivity (Wildman–Crippen MR) is 201 cm³/mol. The molecule has 0 saturated heterocycles. The first-order valence-corrected chi connectivity index (χ1v) is 16.8. The Bertz CT molecular complexity index is 2740. The van der Waals surface area contributed by atoms with Crippen LogP contribution in [0.1, 0.15) is 0 Å². The largest absolute Gasteiger partial charge is 0.443 e. The number of hydrogen-bond acceptors (Lipinski definition) is 4. The number of oxazole rings is 1. The van der Waals surface area contributed by atoms with E-state index in [1.54, 1.807) is 0 Å². The van der Waals surface area contributed by atoms with Gasteiger partial charge in [0.1, 0.15) is 5.52 Å². The topological polar surface area (TPSA) is 34.2 Å². The maximum atomic E-state index is 5.56. The van der Waals surface area contributed by atoms with Crippen molar-refractivity contribution in [3.63, 3.8) is 0 Å². The lowest BCUT2D eigenvalue weighted by Gasteiger charge is -2.25. The Morgan fingerprint density at radius 1 is 0.500 bits per heavy atom. The molecule has 0 aliphatic rings. The van der Waals surface area contributed by atoms with Gasteiger partial charge in [0.15, 0.2) is 12.0 Å². The summed E-state index contributed by atoms with van der Waals surface area (Å²) in [6, 6.07) is 56.6. The van der Waals surface area contributed by atoms with Gasteiger partial charge in [-0.25, -0.2) is 4.98 Å². The molecule has 5 heteroatoms. The summed E-state index contributed by atoms with van der Waals surface area (Å²) in [5, 5.41) is 5.09. The second kappa shape index (κ2) is 10.7. The van der Waals surface area contributed by atoms with Gasteiger partial charge in [-0.3, -0.25) is 0 Å². The molecule has 226 valence electrons. The van der Waals surface area contributed by atoms with Crippen molar-refractivity contribution < 1.29 is 4.42 Å².